The number of rotatable bonds is 6. The number of amides is 1. The third kappa shape index (κ3) is 4.41. The van der Waals surface area contributed by atoms with Gasteiger partial charge in [-0.25, -0.2) is 14.8 Å². The summed E-state index contributed by atoms with van der Waals surface area (Å²) < 4.78 is 10.5. The van der Waals surface area contributed by atoms with Crippen molar-refractivity contribution < 1.29 is 19.4 Å². The molecule has 2 aromatic heterocycles. The lowest BCUT2D eigenvalue weighted by Crippen LogP contribution is -2.70. The highest BCUT2D eigenvalue weighted by atomic mass is 35.5. The normalized spacial score (nSPS) is 21.2. The van der Waals surface area contributed by atoms with E-state index in [4.69, 9.17) is 21.1 Å². The smallest absolute Gasteiger partial charge is 0.407 e. The van der Waals surface area contributed by atoms with Crippen molar-refractivity contribution >= 4 is 23.6 Å². The van der Waals surface area contributed by atoms with Crippen LogP contribution in [0.3, 0.4) is 0 Å². The highest BCUT2D eigenvalue weighted by Crippen LogP contribution is 2.53. The highest BCUT2D eigenvalue weighted by Gasteiger charge is 2.60. The third-order valence-electron chi connectivity index (χ3n) is 6.52. The number of aromatic nitrogens is 4. The maximum atomic E-state index is 12.2. The zero-order valence-corrected chi connectivity index (χ0v) is 20.0. The van der Waals surface area contributed by atoms with E-state index in [9.17, 15) is 9.90 Å². The van der Waals surface area contributed by atoms with Crippen molar-refractivity contribution in [3.8, 4) is 17.1 Å². The average molecular weight is 477 g/mol. The number of carbonyl (C=O) groups is 1. The van der Waals surface area contributed by atoms with Gasteiger partial charge in [0.25, 0.3) is 0 Å². The molecule has 2 aliphatic rings. The first-order chi connectivity index (χ1) is 15.7. The first-order valence-electron chi connectivity index (χ1n) is 10.9. The monoisotopic (exact) mass is 476 g/mol. The number of pyridine rings is 1. The van der Waals surface area contributed by atoms with Crippen LogP contribution in [-0.2, 0) is 4.74 Å². The first kappa shape index (κ1) is 23.4. The van der Waals surface area contributed by atoms with Gasteiger partial charge in [-0.15, -0.1) is 10.2 Å². The molecule has 1 saturated carbocycles. The van der Waals surface area contributed by atoms with Crippen LogP contribution in [0.5, 0.6) is 5.75 Å². The number of carboxylic acid groups (broad SMARTS) is 1. The SMILES string of the molecule is COCOc1cc(Cl)cnc1-c1cnc(N2CCN(C(=O)O)[C@@](C3CC3)(C(C)(C)C)C2)nn1. The Morgan fingerprint density at radius 1 is 1.24 bits per heavy atom. The first-order valence-corrected chi connectivity index (χ1v) is 11.3. The minimum absolute atomic E-state index is 0.0396. The summed E-state index contributed by atoms with van der Waals surface area (Å²) in [7, 11) is 1.52. The second-order valence-corrected chi connectivity index (χ2v) is 9.94. The molecular weight excluding hydrogens is 448 g/mol. The van der Waals surface area contributed by atoms with Crippen molar-refractivity contribution in [3.63, 3.8) is 0 Å². The van der Waals surface area contributed by atoms with Crippen molar-refractivity contribution in [2.24, 2.45) is 11.3 Å². The molecule has 1 saturated heterocycles. The van der Waals surface area contributed by atoms with E-state index < -0.39 is 11.6 Å². The largest absolute Gasteiger partial charge is 0.465 e. The van der Waals surface area contributed by atoms with Gasteiger partial charge in [-0.1, -0.05) is 32.4 Å². The molecule has 3 heterocycles. The van der Waals surface area contributed by atoms with Gasteiger partial charge in [-0.3, -0.25) is 4.90 Å². The summed E-state index contributed by atoms with van der Waals surface area (Å²) in [6.45, 7) is 7.79. The molecule has 2 aromatic rings. The Labute approximate surface area is 197 Å². The topological polar surface area (TPSA) is 114 Å². The molecule has 33 heavy (non-hydrogen) atoms. The molecule has 4 rings (SSSR count). The molecule has 178 valence electrons. The standard InChI is InChI=1S/C22H29ClN6O4/c1-21(2,3)22(14-5-6-14)12-28(7-8-29(22)20(30)31)19-25-11-16(26-27-19)18-17(33-13-32-4)9-15(23)10-24-18/h9-11,14H,5-8,12-13H2,1-4H3,(H,30,31)/t22-/m0/s1. The summed E-state index contributed by atoms with van der Waals surface area (Å²) in [6.07, 6.45) is 4.28. The van der Waals surface area contributed by atoms with E-state index in [1.807, 2.05) is 4.90 Å². The molecule has 2 fully saturated rings. The summed E-state index contributed by atoms with van der Waals surface area (Å²) in [5, 5.41) is 19.1. The van der Waals surface area contributed by atoms with Crippen LogP contribution in [0.4, 0.5) is 10.7 Å². The van der Waals surface area contributed by atoms with Crippen LogP contribution in [0.2, 0.25) is 5.02 Å². The van der Waals surface area contributed by atoms with Gasteiger partial charge < -0.3 is 19.5 Å². The van der Waals surface area contributed by atoms with Gasteiger partial charge in [0.15, 0.2) is 12.5 Å². The molecule has 0 bridgehead atoms. The van der Waals surface area contributed by atoms with Crippen molar-refractivity contribution in [1.82, 2.24) is 25.1 Å². The quantitative estimate of drug-likeness (QED) is 0.625. The average Bonchev–Trinajstić information content (AvgIpc) is 3.62. The molecule has 1 amide bonds. The van der Waals surface area contributed by atoms with E-state index in [1.54, 1.807) is 17.2 Å². The van der Waals surface area contributed by atoms with Gasteiger partial charge in [0, 0.05) is 39.0 Å². The Hall–Kier alpha value is -2.72. The van der Waals surface area contributed by atoms with Gasteiger partial charge in [-0.05, 0) is 24.2 Å². The van der Waals surface area contributed by atoms with E-state index in [2.05, 4.69) is 40.9 Å². The summed E-state index contributed by atoms with van der Waals surface area (Å²) in [6, 6.07) is 1.64. The molecule has 0 aromatic carbocycles. The Morgan fingerprint density at radius 2 is 2.00 bits per heavy atom. The number of halogens is 1. The number of nitrogens with zero attached hydrogens (tertiary/aromatic N) is 6. The van der Waals surface area contributed by atoms with Crippen molar-refractivity contribution in [2.75, 3.05) is 38.4 Å². The molecule has 1 aliphatic carbocycles. The molecule has 0 radical (unpaired) electrons. The van der Waals surface area contributed by atoms with Crippen LogP contribution in [0.1, 0.15) is 33.6 Å². The lowest BCUT2D eigenvalue weighted by atomic mass is 9.68. The molecule has 1 aliphatic heterocycles. The number of anilines is 1. The summed E-state index contributed by atoms with van der Waals surface area (Å²) >= 11 is 6.05. The highest BCUT2D eigenvalue weighted by molar-refractivity contribution is 6.30. The van der Waals surface area contributed by atoms with Crippen LogP contribution in [0, 0.1) is 11.3 Å². The van der Waals surface area contributed by atoms with Gasteiger partial charge in [0.2, 0.25) is 5.95 Å². The van der Waals surface area contributed by atoms with Crippen LogP contribution < -0.4 is 9.64 Å². The second kappa shape index (κ2) is 8.90. The van der Waals surface area contributed by atoms with Crippen molar-refractivity contribution in [1.29, 1.82) is 0 Å². The fourth-order valence-electron chi connectivity index (χ4n) is 4.85. The molecule has 10 nitrogen and oxygen atoms in total. The van der Waals surface area contributed by atoms with Crippen LogP contribution in [0.25, 0.3) is 11.4 Å². The Bertz CT molecular complexity index is 1010. The number of methoxy groups -OCH3 is 1. The number of hydrogen-bond donors (Lipinski definition) is 1. The van der Waals surface area contributed by atoms with Gasteiger partial charge in [-0.2, -0.15) is 0 Å². The van der Waals surface area contributed by atoms with E-state index in [-0.39, 0.29) is 12.2 Å². The van der Waals surface area contributed by atoms with Crippen LogP contribution in [0.15, 0.2) is 18.5 Å². The predicted octanol–water partition coefficient (Wildman–Crippen LogP) is 3.56. The number of piperazine rings is 1. The molecular formula is C22H29ClN6O4. The van der Waals surface area contributed by atoms with Crippen LogP contribution >= 0.6 is 11.6 Å². The van der Waals surface area contributed by atoms with Gasteiger partial charge in [0.05, 0.1) is 16.8 Å². The van der Waals surface area contributed by atoms with Crippen LogP contribution in [-0.4, -0.2) is 75.3 Å². The second-order valence-electron chi connectivity index (χ2n) is 9.50. The molecule has 0 spiro atoms. The molecule has 11 heteroatoms. The van der Waals surface area contributed by atoms with Crippen molar-refractivity contribution in [2.45, 2.75) is 39.2 Å². The lowest BCUT2D eigenvalue weighted by Gasteiger charge is -2.56. The molecule has 1 atom stereocenters. The Balaban J connectivity index is 1.62. The Kier molecular flexibility index (Phi) is 6.32. The maximum Gasteiger partial charge on any atom is 0.407 e. The minimum Gasteiger partial charge on any atom is -0.465 e. The van der Waals surface area contributed by atoms with Crippen molar-refractivity contribution in [3.05, 3.63) is 23.5 Å². The number of ether oxygens (including phenoxy) is 2. The minimum atomic E-state index is -0.872. The zero-order chi connectivity index (χ0) is 23.8. The fourth-order valence-corrected chi connectivity index (χ4v) is 4.99. The third-order valence-corrected chi connectivity index (χ3v) is 6.72. The van der Waals surface area contributed by atoms with E-state index >= 15 is 0 Å². The van der Waals surface area contributed by atoms with E-state index in [1.165, 1.54) is 13.3 Å². The predicted molar refractivity (Wildman–Crippen MR) is 122 cm³/mol. The lowest BCUT2D eigenvalue weighted by molar-refractivity contribution is -0.0221. The van der Waals surface area contributed by atoms with E-state index in [0.717, 1.165) is 12.8 Å². The summed E-state index contributed by atoms with van der Waals surface area (Å²) in [5.74, 6) is 1.21. The van der Waals surface area contributed by atoms with Gasteiger partial charge in [0.1, 0.15) is 11.4 Å². The maximum absolute atomic E-state index is 12.2. The van der Waals surface area contributed by atoms with Gasteiger partial charge >= 0.3 is 6.09 Å². The molecule has 0 unspecified atom stereocenters. The Morgan fingerprint density at radius 3 is 2.58 bits per heavy atom. The molecule has 1 N–H and O–H groups in total. The fraction of sp³-hybridized carbons (Fsp3) is 0.591. The number of hydrogen-bond acceptors (Lipinski definition) is 8. The van der Waals surface area contributed by atoms with E-state index in [0.29, 0.717) is 53.7 Å². The summed E-state index contributed by atoms with van der Waals surface area (Å²) in [5.41, 5.74) is 0.132. The summed E-state index contributed by atoms with van der Waals surface area (Å²) in [4.78, 5) is 24.7. The zero-order valence-electron chi connectivity index (χ0n) is 19.3.